The average molecular weight is 282 g/mol. The molecule has 0 radical (unpaired) electrons. The number of aryl methyl sites for hydroxylation is 1. The molecule has 2 rings (SSSR count). The standard InChI is InChI=1S/C11H14N4O3S/c1-2-3-4-15-10(12-13-14-15)6-18-8-5-9(11(16)17)19-7-8/h5,7H,2-4,6H2,1H3,(H,16,17). The Morgan fingerprint density at radius 3 is 3.11 bits per heavy atom. The van der Waals surface area contributed by atoms with Crippen molar-refractivity contribution in [3.05, 3.63) is 22.1 Å². The van der Waals surface area contributed by atoms with Crippen LogP contribution in [0.1, 0.15) is 35.3 Å². The van der Waals surface area contributed by atoms with Gasteiger partial charge in [-0.15, -0.1) is 16.4 Å². The molecule has 0 aromatic carbocycles. The summed E-state index contributed by atoms with van der Waals surface area (Å²) in [4.78, 5) is 11.0. The Balaban J connectivity index is 1.94. The fraction of sp³-hybridized carbons (Fsp3) is 0.455. The van der Waals surface area contributed by atoms with Crippen LogP contribution in [-0.4, -0.2) is 31.3 Å². The fourth-order valence-electron chi connectivity index (χ4n) is 1.46. The van der Waals surface area contributed by atoms with Crippen molar-refractivity contribution in [3.8, 4) is 5.75 Å². The number of hydrogen-bond donors (Lipinski definition) is 1. The number of thiophene rings is 1. The molecule has 0 saturated carbocycles. The largest absolute Gasteiger partial charge is 0.485 e. The Labute approximate surface area is 113 Å². The van der Waals surface area contributed by atoms with Crippen LogP contribution in [0.15, 0.2) is 11.4 Å². The van der Waals surface area contributed by atoms with Crippen molar-refractivity contribution in [3.63, 3.8) is 0 Å². The molecule has 19 heavy (non-hydrogen) atoms. The van der Waals surface area contributed by atoms with Crippen LogP contribution in [-0.2, 0) is 13.2 Å². The molecule has 0 bridgehead atoms. The summed E-state index contributed by atoms with van der Waals surface area (Å²) in [5, 5.41) is 21.9. The molecule has 2 aromatic rings. The van der Waals surface area contributed by atoms with Gasteiger partial charge in [-0.1, -0.05) is 13.3 Å². The Hall–Kier alpha value is -1.96. The van der Waals surface area contributed by atoms with Crippen molar-refractivity contribution in [2.45, 2.75) is 32.9 Å². The summed E-state index contributed by atoms with van der Waals surface area (Å²) in [5.41, 5.74) is 0. The van der Waals surface area contributed by atoms with Crippen LogP contribution in [0, 0.1) is 0 Å². The highest BCUT2D eigenvalue weighted by molar-refractivity contribution is 7.12. The molecule has 0 aliphatic carbocycles. The molecule has 0 fully saturated rings. The van der Waals surface area contributed by atoms with Gasteiger partial charge in [0.05, 0.1) is 0 Å². The van der Waals surface area contributed by atoms with Crippen LogP contribution >= 0.6 is 11.3 Å². The highest BCUT2D eigenvalue weighted by atomic mass is 32.1. The zero-order chi connectivity index (χ0) is 13.7. The highest BCUT2D eigenvalue weighted by Crippen LogP contribution is 2.22. The van der Waals surface area contributed by atoms with Crippen molar-refractivity contribution in [1.29, 1.82) is 0 Å². The van der Waals surface area contributed by atoms with Crippen molar-refractivity contribution in [1.82, 2.24) is 20.2 Å². The van der Waals surface area contributed by atoms with Gasteiger partial charge in [-0.2, -0.15) is 0 Å². The maximum Gasteiger partial charge on any atom is 0.346 e. The van der Waals surface area contributed by atoms with E-state index < -0.39 is 5.97 Å². The van der Waals surface area contributed by atoms with Crippen molar-refractivity contribution in [2.75, 3.05) is 0 Å². The predicted molar refractivity (Wildman–Crippen MR) is 68.3 cm³/mol. The topological polar surface area (TPSA) is 90.1 Å². The number of unbranched alkanes of at least 4 members (excludes halogenated alkanes) is 1. The van der Waals surface area contributed by atoms with E-state index in [1.54, 1.807) is 10.1 Å². The van der Waals surface area contributed by atoms with Gasteiger partial charge in [0.15, 0.2) is 5.82 Å². The number of carbonyl (C=O) groups is 1. The SMILES string of the molecule is CCCCn1nnnc1COc1csc(C(=O)O)c1. The first-order valence-electron chi connectivity index (χ1n) is 5.90. The van der Waals surface area contributed by atoms with Gasteiger partial charge in [-0.25, -0.2) is 9.48 Å². The molecule has 2 heterocycles. The molecule has 1 N–H and O–H groups in total. The van der Waals surface area contributed by atoms with Crippen molar-refractivity contribution in [2.24, 2.45) is 0 Å². The van der Waals surface area contributed by atoms with E-state index in [1.807, 2.05) is 0 Å². The Bertz CT molecular complexity index is 552. The van der Waals surface area contributed by atoms with Crippen LogP contribution < -0.4 is 4.74 Å². The summed E-state index contributed by atoms with van der Waals surface area (Å²) in [5.74, 6) is 0.205. The van der Waals surface area contributed by atoms with Crippen LogP contribution in [0.2, 0.25) is 0 Å². The third-order valence-corrected chi connectivity index (χ3v) is 3.38. The number of ether oxygens (including phenoxy) is 1. The number of aromatic nitrogens is 4. The Morgan fingerprint density at radius 2 is 2.42 bits per heavy atom. The number of hydrogen-bond acceptors (Lipinski definition) is 6. The van der Waals surface area contributed by atoms with E-state index in [1.165, 1.54) is 6.07 Å². The van der Waals surface area contributed by atoms with E-state index >= 15 is 0 Å². The number of rotatable bonds is 7. The minimum Gasteiger partial charge on any atom is -0.485 e. The molecule has 0 spiro atoms. The van der Waals surface area contributed by atoms with Crippen LogP contribution in [0.3, 0.4) is 0 Å². The minimum absolute atomic E-state index is 0.229. The summed E-state index contributed by atoms with van der Waals surface area (Å²) in [6.45, 7) is 3.08. The van der Waals surface area contributed by atoms with E-state index in [2.05, 4.69) is 22.4 Å². The molecule has 7 nitrogen and oxygen atoms in total. The highest BCUT2D eigenvalue weighted by Gasteiger charge is 2.10. The third-order valence-electron chi connectivity index (χ3n) is 2.48. The summed E-state index contributed by atoms with van der Waals surface area (Å²) >= 11 is 1.13. The third kappa shape index (κ3) is 3.50. The quantitative estimate of drug-likeness (QED) is 0.833. The van der Waals surface area contributed by atoms with Gasteiger partial charge in [0.1, 0.15) is 17.2 Å². The normalized spacial score (nSPS) is 10.6. The summed E-state index contributed by atoms with van der Waals surface area (Å²) in [6, 6.07) is 1.49. The summed E-state index contributed by atoms with van der Waals surface area (Å²) in [6.07, 6.45) is 2.06. The number of carboxylic acid groups (broad SMARTS) is 1. The first kappa shape index (κ1) is 13.5. The molecular formula is C11H14N4O3S. The maximum atomic E-state index is 10.7. The lowest BCUT2D eigenvalue weighted by atomic mass is 10.3. The molecule has 2 aromatic heterocycles. The number of nitrogens with zero attached hydrogens (tertiary/aromatic N) is 4. The second-order valence-electron chi connectivity index (χ2n) is 3.91. The summed E-state index contributed by atoms with van der Waals surface area (Å²) < 4.78 is 7.19. The predicted octanol–water partition coefficient (Wildman–Crippen LogP) is 1.81. The van der Waals surface area contributed by atoms with E-state index in [0.717, 1.165) is 30.7 Å². The lowest BCUT2D eigenvalue weighted by Gasteiger charge is -2.04. The maximum absolute atomic E-state index is 10.7. The van der Waals surface area contributed by atoms with Crippen LogP contribution in [0.4, 0.5) is 0 Å². The minimum atomic E-state index is -0.951. The van der Waals surface area contributed by atoms with Gasteiger partial charge in [-0.3, -0.25) is 0 Å². The second kappa shape index (κ2) is 6.28. The molecule has 0 aliphatic heterocycles. The average Bonchev–Trinajstić information content (AvgIpc) is 3.02. The van der Waals surface area contributed by atoms with Crippen LogP contribution in [0.5, 0.6) is 5.75 Å². The van der Waals surface area contributed by atoms with E-state index in [4.69, 9.17) is 9.84 Å². The molecular weight excluding hydrogens is 268 g/mol. The van der Waals surface area contributed by atoms with Gasteiger partial charge in [0, 0.05) is 18.0 Å². The van der Waals surface area contributed by atoms with Gasteiger partial charge >= 0.3 is 5.97 Å². The smallest absolute Gasteiger partial charge is 0.346 e. The van der Waals surface area contributed by atoms with Gasteiger partial charge in [-0.05, 0) is 16.8 Å². The number of carboxylic acids is 1. The van der Waals surface area contributed by atoms with Crippen LogP contribution in [0.25, 0.3) is 0 Å². The molecule has 0 aliphatic rings. The number of aromatic carboxylic acids is 1. The van der Waals surface area contributed by atoms with Gasteiger partial charge < -0.3 is 9.84 Å². The Kier molecular flexibility index (Phi) is 4.45. The first-order valence-corrected chi connectivity index (χ1v) is 6.78. The van der Waals surface area contributed by atoms with Gasteiger partial charge in [0.25, 0.3) is 0 Å². The van der Waals surface area contributed by atoms with Crippen molar-refractivity contribution >= 4 is 17.3 Å². The van der Waals surface area contributed by atoms with Crippen molar-refractivity contribution < 1.29 is 14.6 Å². The molecule has 0 saturated heterocycles. The summed E-state index contributed by atoms with van der Waals surface area (Å²) in [7, 11) is 0. The molecule has 0 atom stereocenters. The monoisotopic (exact) mass is 282 g/mol. The molecule has 102 valence electrons. The lowest BCUT2D eigenvalue weighted by Crippen LogP contribution is -2.08. The Morgan fingerprint density at radius 1 is 1.58 bits per heavy atom. The zero-order valence-electron chi connectivity index (χ0n) is 10.4. The molecule has 0 unspecified atom stereocenters. The van der Waals surface area contributed by atoms with E-state index in [-0.39, 0.29) is 11.5 Å². The van der Waals surface area contributed by atoms with E-state index in [0.29, 0.717) is 11.6 Å². The van der Waals surface area contributed by atoms with E-state index in [9.17, 15) is 4.79 Å². The number of tetrazole rings is 1. The second-order valence-corrected chi connectivity index (χ2v) is 4.82. The zero-order valence-corrected chi connectivity index (χ0v) is 11.3. The van der Waals surface area contributed by atoms with Gasteiger partial charge in [0.2, 0.25) is 0 Å². The lowest BCUT2D eigenvalue weighted by molar-refractivity contribution is 0.0702. The fourth-order valence-corrected chi connectivity index (χ4v) is 2.13. The molecule has 8 heteroatoms. The molecule has 0 amide bonds. The first-order chi connectivity index (χ1) is 9.20.